The zero-order valence-electron chi connectivity index (χ0n) is 13.7. The van der Waals surface area contributed by atoms with Crippen molar-refractivity contribution in [2.75, 3.05) is 33.4 Å². The Balaban J connectivity index is 1.83. The van der Waals surface area contributed by atoms with Gasteiger partial charge in [-0.3, -0.25) is 9.88 Å². The van der Waals surface area contributed by atoms with E-state index in [4.69, 9.17) is 4.74 Å². The minimum atomic E-state index is 0.213. The fraction of sp³-hybridized carbons (Fsp3) is 0.421. The molecule has 0 saturated carbocycles. The lowest BCUT2D eigenvalue weighted by molar-refractivity contribution is 0.129. The molecule has 23 heavy (non-hydrogen) atoms. The number of piperazine rings is 1. The van der Waals surface area contributed by atoms with E-state index >= 15 is 0 Å². The molecule has 2 aromatic rings. The molecule has 1 N–H and O–H groups in total. The van der Waals surface area contributed by atoms with Crippen molar-refractivity contribution in [2.45, 2.75) is 18.5 Å². The van der Waals surface area contributed by atoms with Gasteiger partial charge < -0.3 is 10.1 Å². The van der Waals surface area contributed by atoms with Gasteiger partial charge >= 0.3 is 0 Å². The molecule has 0 radical (unpaired) electrons. The largest absolute Gasteiger partial charge is 0.385 e. The average molecular weight is 311 g/mol. The Morgan fingerprint density at radius 1 is 1.22 bits per heavy atom. The second-order valence-electron chi connectivity index (χ2n) is 6.00. The number of nitrogens with one attached hydrogen (secondary N) is 1. The summed E-state index contributed by atoms with van der Waals surface area (Å²) in [6, 6.07) is 17.5. The molecular weight excluding hydrogens is 286 g/mol. The topological polar surface area (TPSA) is 37.4 Å². The van der Waals surface area contributed by atoms with Crippen LogP contribution in [0.2, 0.25) is 0 Å². The molecular formula is C19H25N3O. The van der Waals surface area contributed by atoms with Gasteiger partial charge in [0.15, 0.2) is 0 Å². The summed E-state index contributed by atoms with van der Waals surface area (Å²) >= 11 is 0. The Hall–Kier alpha value is -1.75. The monoisotopic (exact) mass is 311 g/mol. The van der Waals surface area contributed by atoms with Gasteiger partial charge in [0.05, 0.1) is 11.7 Å². The molecule has 0 spiro atoms. The summed E-state index contributed by atoms with van der Waals surface area (Å²) in [5.41, 5.74) is 2.42. The molecule has 1 fully saturated rings. The van der Waals surface area contributed by atoms with Gasteiger partial charge in [0.2, 0.25) is 0 Å². The molecule has 2 atom stereocenters. The summed E-state index contributed by atoms with van der Waals surface area (Å²) in [5.74, 6) is 0. The van der Waals surface area contributed by atoms with Crippen molar-refractivity contribution < 1.29 is 4.74 Å². The van der Waals surface area contributed by atoms with E-state index in [9.17, 15) is 0 Å². The van der Waals surface area contributed by atoms with E-state index in [1.807, 2.05) is 12.3 Å². The van der Waals surface area contributed by atoms with Gasteiger partial charge in [-0.05, 0) is 24.1 Å². The summed E-state index contributed by atoms with van der Waals surface area (Å²) in [6.45, 7) is 3.84. The van der Waals surface area contributed by atoms with Gasteiger partial charge in [0, 0.05) is 45.6 Å². The normalized spacial score (nSPS) is 20.3. The van der Waals surface area contributed by atoms with E-state index < -0.39 is 0 Å². The maximum Gasteiger partial charge on any atom is 0.0777 e. The van der Waals surface area contributed by atoms with E-state index in [0.717, 1.165) is 38.4 Å². The number of methoxy groups -OCH3 is 1. The molecule has 0 bridgehead atoms. The summed E-state index contributed by atoms with van der Waals surface area (Å²) in [4.78, 5) is 7.17. The Kier molecular flexibility index (Phi) is 5.75. The maximum absolute atomic E-state index is 5.24. The lowest BCUT2D eigenvalue weighted by Crippen LogP contribution is -2.52. The lowest BCUT2D eigenvalue weighted by atomic mass is 9.99. The highest BCUT2D eigenvalue weighted by Gasteiger charge is 2.28. The summed E-state index contributed by atoms with van der Waals surface area (Å²) in [5, 5.41) is 3.60. The maximum atomic E-state index is 5.24. The van der Waals surface area contributed by atoms with Crippen LogP contribution in [0.15, 0.2) is 54.7 Å². The number of nitrogens with zero attached hydrogens (tertiary/aromatic N) is 2. The van der Waals surface area contributed by atoms with E-state index in [1.54, 1.807) is 7.11 Å². The van der Waals surface area contributed by atoms with E-state index in [-0.39, 0.29) is 6.04 Å². The SMILES string of the molecule is COCC[C@H]1CN(C(c2ccccc2)c2ccccn2)CCN1. The van der Waals surface area contributed by atoms with Gasteiger partial charge in [0.25, 0.3) is 0 Å². The highest BCUT2D eigenvalue weighted by molar-refractivity contribution is 5.28. The zero-order chi connectivity index (χ0) is 15.9. The Morgan fingerprint density at radius 2 is 2.04 bits per heavy atom. The van der Waals surface area contributed by atoms with Crippen molar-refractivity contribution in [2.24, 2.45) is 0 Å². The van der Waals surface area contributed by atoms with Crippen LogP contribution in [-0.2, 0) is 4.74 Å². The van der Waals surface area contributed by atoms with Crippen LogP contribution in [0.1, 0.15) is 23.7 Å². The average Bonchev–Trinajstić information content (AvgIpc) is 2.62. The number of hydrogen-bond acceptors (Lipinski definition) is 4. The molecule has 1 saturated heterocycles. The summed E-state index contributed by atoms with van der Waals surface area (Å²) in [7, 11) is 1.77. The van der Waals surface area contributed by atoms with Crippen LogP contribution in [0.25, 0.3) is 0 Å². The van der Waals surface area contributed by atoms with Gasteiger partial charge in [-0.15, -0.1) is 0 Å². The molecule has 1 aliphatic rings. The minimum Gasteiger partial charge on any atom is -0.385 e. The quantitative estimate of drug-likeness (QED) is 0.889. The van der Waals surface area contributed by atoms with Crippen LogP contribution in [0, 0.1) is 0 Å². The predicted molar refractivity (Wildman–Crippen MR) is 92.4 cm³/mol. The van der Waals surface area contributed by atoms with Crippen molar-refractivity contribution in [3.8, 4) is 0 Å². The van der Waals surface area contributed by atoms with Crippen molar-refractivity contribution in [1.29, 1.82) is 0 Å². The first-order valence-corrected chi connectivity index (χ1v) is 8.30. The number of aromatic nitrogens is 1. The van der Waals surface area contributed by atoms with Crippen LogP contribution in [0.3, 0.4) is 0 Å². The van der Waals surface area contributed by atoms with E-state index in [1.165, 1.54) is 5.56 Å². The number of hydrogen-bond donors (Lipinski definition) is 1. The molecule has 3 rings (SSSR count). The zero-order valence-corrected chi connectivity index (χ0v) is 13.7. The van der Waals surface area contributed by atoms with E-state index in [0.29, 0.717) is 6.04 Å². The first-order chi connectivity index (χ1) is 11.4. The molecule has 0 aliphatic carbocycles. The van der Waals surface area contributed by atoms with Crippen LogP contribution in [-0.4, -0.2) is 49.3 Å². The van der Waals surface area contributed by atoms with Crippen molar-refractivity contribution in [3.63, 3.8) is 0 Å². The molecule has 1 aliphatic heterocycles. The third-order valence-electron chi connectivity index (χ3n) is 4.41. The number of ether oxygens (including phenoxy) is 1. The van der Waals surface area contributed by atoms with Crippen LogP contribution >= 0.6 is 0 Å². The Bertz CT molecular complexity index is 536. The van der Waals surface area contributed by atoms with Crippen molar-refractivity contribution in [1.82, 2.24) is 15.2 Å². The van der Waals surface area contributed by atoms with E-state index in [2.05, 4.69) is 57.7 Å². The molecule has 122 valence electrons. The molecule has 1 aromatic carbocycles. The highest BCUT2D eigenvalue weighted by atomic mass is 16.5. The minimum absolute atomic E-state index is 0.213. The fourth-order valence-electron chi connectivity index (χ4n) is 3.28. The van der Waals surface area contributed by atoms with Gasteiger partial charge in [-0.1, -0.05) is 36.4 Å². The molecule has 0 amide bonds. The lowest BCUT2D eigenvalue weighted by Gasteiger charge is -2.39. The van der Waals surface area contributed by atoms with Gasteiger partial charge in [0.1, 0.15) is 0 Å². The van der Waals surface area contributed by atoms with Crippen LogP contribution in [0.5, 0.6) is 0 Å². The molecule has 1 unspecified atom stereocenters. The second kappa shape index (κ2) is 8.20. The molecule has 4 nitrogen and oxygen atoms in total. The summed E-state index contributed by atoms with van der Waals surface area (Å²) in [6.07, 6.45) is 2.92. The third-order valence-corrected chi connectivity index (χ3v) is 4.41. The smallest absolute Gasteiger partial charge is 0.0777 e. The van der Waals surface area contributed by atoms with Crippen molar-refractivity contribution in [3.05, 3.63) is 66.0 Å². The highest BCUT2D eigenvalue weighted by Crippen LogP contribution is 2.28. The Labute approximate surface area is 138 Å². The van der Waals surface area contributed by atoms with Crippen LogP contribution in [0.4, 0.5) is 0 Å². The van der Waals surface area contributed by atoms with Gasteiger partial charge in [-0.25, -0.2) is 0 Å². The molecule has 2 heterocycles. The Morgan fingerprint density at radius 3 is 2.78 bits per heavy atom. The number of rotatable bonds is 6. The van der Waals surface area contributed by atoms with Crippen molar-refractivity contribution >= 4 is 0 Å². The predicted octanol–water partition coefficient (Wildman–Crippen LogP) is 2.48. The summed E-state index contributed by atoms with van der Waals surface area (Å²) < 4.78 is 5.24. The molecule has 4 heteroatoms. The van der Waals surface area contributed by atoms with Crippen LogP contribution < -0.4 is 5.32 Å². The van der Waals surface area contributed by atoms with Gasteiger partial charge in [-0.2, -0.15) is 0 Å². The fourth-order valence-corrected chi connectivity index (χ4v) is 3.28. The number of pyridine rings is 1. The first-order valence-electron chi connectivity index (χ1n) is 8.30. The number of benzene rings is 1. The second-order valence-corrected chi connectivity index (χ2v) is 6.00. The third kappa shape index (κ3) is 4.16. The first kappa shape index (κ1) is 16.1. The standard InChI is InChI=1S/C19H25N3O/c1-23-14-10-17-15-22(13-12-20-17)19(16-7-3-2-4-8-16)18-9-5-6-11-21-18/h2-9,11,17,19-20H,10,12-15H2,1H3/t17-,19?/m0/s1. The molecule has 1 aromatic heterocycles.